The summed E-state index contributed by atoms with van der Waals surface area (Å²) in [5.74, 6) is 0. The molecule has 0 atom stereocenters. The van der Waals surface area contributed by atoms with Gasteiger partial charge in [-0.1, -0.05) is 0 Å². The van der Waals surface area contributed by atoms with Crippen LogP contribution in [0.1, 0.15) is 0 Å². The molecular formula is C2H8N2O5S. The third kappa shape index (κ3) is 7.14. The zero-order valence-electron chi connectivity index (χ0n) is 5.12. The topological polar surface area (TPSA) is 130 Å². The van der Waals surface area contributed by atoms with Gasteiger partial charge in [-0.2, -0.15) is 8.42 Å². The molecule has 0 aliphatic carbocycles. The molecule has 0 aromatic carbocycles. The number of methoxy groups -OCH3 is 1. The van der Waals surface area contributed by atoms with Gasteiger partial charge in [0, 0.05) is 0 Å². The van der Waals surface area contributed by atoms with Crippen molar-refractivity contribution >= 4 is 16.3 Å². The van der Waals surface area contributed by atoms with E-state index in [9.17, 15) is 13.2 Å². The Balaban J connectivity index is 0. The van der Waals surface area contributed by atoms with E-state index < -0.39 is 16.3 Å². The second kappa shape index (κ2) is 4.04. The average molecular weight is 172 g/mol. The van der Waals surface area contributed by atoms with Crippen LogP contribution in [0.25, 0.3) is 0 Å². The first-order valence-corrected chi connectivity index (χ1v) is 3.39. The van der Waals surface area contributed by atoms with Gasteiger partial charge < -0.3 is 10.2 Å². The van der Waals surface area contributed by atoms with E-state index in [-0.39, 0.29) is 5.48 Å². The molecule has 0 unspecified atom stereocenters. The van der Waals surface area contributed by atoms with E-state index in [1.807, 2.05) is 0 Å². The van der Waals surface area contributed by atoms with Gasteiger partial charge in [-0.05, 0) is 0 Å². The van der Waals surface area contributed by atoms with Crippen molar-refractivity contribution in [1.29, 1.82) is 0 Å². The normalized spacial score (nSPS) is 9.40. The van der Waals surface area contributed by atoms with Gasteiger partial charge in [-0.15, -0.1) is 0 Å². The Morgan fingerprint density at radius 2 is 2.00 bits per heavy atom. The SMILES string of the molecule is COC(=O)NS(N)(=O)=O.O. The fraction of sp³-hybridized carbons (Fsp3) is 0.500. The van der Waals surface area contributed by atoms with E-state index in [0.29, 0.717) is 0 Å². The summed E-state index contributed by atoms with van der Waals surface area (Å²) >= 11 is 0. The van der Waals surface area contributed by atoms with E-state index >= 15 is 0 Å². The molecule has 62 valence electrons. The van der Waals surface area contributed by atoms with Crippen LogP contribution in [0, 0.1) is 0 Å². The first-order valence-electron chi connectivity index (χ1n) is 1.84. The molecule has 0 aliphatic heterocycles. The predicted octanol–water partition coefficient (Wildman–Crippen LogP) is -2.28. The third-order valence-electron chi connectivity index (χ3n) is 0.411. The molecule has 0 aliphatic rings. The highest BCUT2D eigenvalue weighted by Gasteiger charge is 2.06. The minimum Gasteiger partial charge on any atom is -0.452 e. The van der Waals surface area contributed by atoms with Crippen LogP contribution >= 0.6 is 0 Å². The van der Waals surface area contributed by atoms with Crippen LogP contribution in [0.15, 0.2) is 0 Å². The summed E-state index contributed by atoms with van der Waals surface area (Å²) in [6.45, 7) is 0. The smallest absolute Gasteiger partial charge is 0.421 e. The molecule has 0 bridgehead atoms. The Labute approximate surface area is 57.6 Å². The minimum absolute atomic E-state index is 0. The molecule has 1 amide bonds. The number of nitrogens with two attached hydrogens (primary N) is 1. The number of hydrogen-bond acceptors (Lipinski definition) is 4. The monoisotopic (exact) mass is 172 g/mol. The Hall–Kier alpha value is -0.860. The Morgan fingerprint density at radius 3 is 2.10 bits per heavy atom. The molecule has 0 fully saturated rings. The molecule has 8 heteroatoms. The van der Waals surface area contributed by atoms with Gasteiger partial charge >= 0.3 is 16.3 Å². The Morgan fingerprint density at radius 1 is 1.60 bits per heavy atom. The second-order valence-corrected chi connectivity index (χ2v) is 2.43. The number of ether oxygens (including phenoxy) is 1. The summed E-state index contributed by atoms with van der Waals surface area (Å²) < 4.78 is 25.2. The highest BCUT2D eigenvalue weighted by molar-refractivity contribution is 7.87. The minimum atomic E-state index is -3.96. The van der Waals surface area contributed by atoms with Gasteiger partial charge in [0.1, 0.15) is 0 Å². The van der Waals surface area contributed by atoms with Crippen molar-refractivity contribution in [2.45, 2.75) is 0 Å². The summed E-state index contributed by atoms with van der Waals surface area (Å²) in [7, 11) is -2.93. The highest BCUT2D eigenvalue weighted by atomic mass is 32.2. The molecule has 0 saturated carbocycles. The fourth-order valence-electron chi connectivity index (χ4n) is 0.158. The van der Waals surface area contributed by atoms with E-state index in [1.54, 1.807) is 0 Å². The van der Waals surface area contributed by atoms with Crippen molar-refractivity contribution in [2.75, 3.05) is 7.11 Å². The molecule has 0 heterocycles. The summed E-state index contributed by atoms with van der Waals surface area (Å²) in [5, 5.41) is 4.37. The zero-order valence-corrected chi connectivity index (χ0v) is 5.94. The maximum absolute atomic E-state index is 10.0. The van der Waals surface area contributed by atoms with Crippen molar-refractivity contribution in [1.82, 2.24) is 4.72 Å². The maximum atomic E-state index is 10.0. The Bertz CT molecular complexity index is 196. The number of carbonyl (C=O) groups excluding carboxylic acids is 1. The molecule has 0 aromatic heterocycles. The number of amides is 1. The highest BCUT2D eigenvalue weighted by Crippen LogP contribution is 1.72. The number of nitrogens with one attached hydrogen (secondary N) is 1. The van der Waals surface area contributed by atoms with E-state index in [2.05, 4.69) is 9.88 Å². The average Bonchev–Trinajstić information content (AvgIpc) is 1.62. The molecule has 0 aromatic rings. The van der Waals surface area contributed by atoms with Gasteiger partial charge in [0.2, 0.25) is 0 Å². The number of rotatable bonds is 1. The summed E-state index contributed by atoms with van der Waals surface area (Å²) in [4.78, 5) is 10.0. The molecule has 0 spiro atoms. The number of hydrogen-bond donors (Lipinski definition) is 2. The van der Waals surface area contributed by atoms with Gasteiger partial charge in [-0.25, -0.2) is 14.7 Å². The molecule has 0 radical (unpaired) electrons. The lowest BCUT2D eigenvalue weighted by Gasteiger charge is -1.97. The zero-order chi connectivity index (χ0) is 7.49. The van der Waals surface area contributed by atoms with Crippen LogP contribution in [0.5, 0.6) is 0 Å². The van der Waals surface area contributed by atoms with Crippen LogP contribution in [-0.2, 0) is 14.9 Å². The Kier molecular flexibility index (Phi) is 4.79. The van der Waals surface area contributed by atoms with E-state index in [4.69, 9.17) is 0 Å². The van der Waals surface area contributed by atoms with Crippen LogP contribution < -0.4 is 9.86 Å². The van der Waals surface area contributed by atoms with Crippen molar-refractivity contribution in [3.05, 3.63) is 0 Å². The van der Waals surface area contributed by atoms with Crippen LogP contribution in [0.4, 0.5) is 4.79 Å². The van der Waals surface area contributed by atoms with Crippen molar-refractivity contribution in [3.63, 3.8) is 0 Å². The lowest BCUT2D eigenvalue weighted by molar-refractivity contribution is 0.177. The van der Waals surface area contributed by atoms with Gasteiger partial charge in [0.25, 0.3) is 0 Å². The van der Waals surface area contributed by atoms with Crippen LogP contribution in [0.3, 0.4) is 0 Å². The van der Waals surface area contributed by atoms with Crippen molar-refractivity contribution in [3.8, 4) is 0 Å². The molecule has 0 rings (SSSR count). The van der Waals surface area contributed by atoms with E-state index in [1.165, 1.54) is 4.72 Å². The van der Waals surface area contributed by atoms with Crippen LogP contribution in [-0.4, -0.2) is 27.1 Å². The molecular weight excluding hydrogens is 164 g/mol. The molecule has 10 heavy (non-hydrogen) atoms. The van der Waals surface area contributed by atoms with Gasteiger partial charge in [-0.3, -0.25) is 0 Å². The summed E-state index contributed by atoms with van der Waals surface area (Å²) in [6.07, 6.45) is -1.10. The molecule has 7 nitrogen and oxygen atoms in total. The standard InChI is InChI=1S/C2H6N2O4S.H2O/c1-8-2(5)4-9(3,6)7;/h1H3,(H,4,5)(H2,3,6,7);1H2. The first kappa shape index (κ1) is 11.9. The van der Waals surface area contributed by atoms with Crippen molar-refractivity contribution in [2.24, 2.45) is 5.14 Å². The predicted molar refractivity (Wildman–Crippen MR) is 32.3 cm³/mol. The lowest BCUT2D eigenvalue weighted by atomic mass is 11.2. The second-order valence-electron chi connectivity index (χ2n) is 1.14. The number of carbonyl (C=O) groups is 1. The quantitative estimate of drug-likeness (QED) is 0.461. The largest absolute Gasteiger partial charge is 0.452 e. The lowest BCUT2D eigenvalue weighted by Crippen LogP contribution is -2.35. The van der Waals surface area contributed by atoms with E-state index in [0.717, 1.165) is 7.11 Å². The van der Waals surface area contributed by atoms with Gasteiger partial charge in [0.05, 0.1) is 7.11 Å². The van der Waals surface area contributed by atoms with Crippen LogP contribution in [0.2, 0.25) is 0 Å². The first-order chi connectivity index (χ1) is 3.95. The fourth-order valence-corrected chi connectivity index (χ4v) is 0.473. The summed E-state index contributed by atoms with van der Waals surface area (Å²) in [6, 6.07) is 0. The van der Waals surface area contributed by atoms with Crippen molar-refractivity contribution < 1.29 is 23.4 Å². The van der Waals surface area contributed by atoms with Gasteiger partial charge in [0.15, 0.2) is 0 Å². The molecule has 5 N–H and O–H groups in total. The summed E-state index contributed by atoms with van der Waals surface area (Å²) in [5.41, 5.74) is 0. The maximum Gasteiger partial charge on any atom is 0.421 e. The molecule has 0 saturated heterocycles. The third-order valence-corrected chi connectivity index (χ3v) is 0.862.